The maximum Gasteiger partial charge on any atom is 0.345 e. The number of carboxylic acids is 1. The van der Waals surface area contributed by atoms with Crippen LogP contribution in [-0.2, 0) is 9.59 Å². The molecule has 3 N–H and O–H groups in total. The van der Waals surface area contributed by atoms with Crippen molar-refractivity contribution in [3.8, 4) is 0 Å². The second-order valence-corrected chi connectivity index (χ2v) is 5.53. The molecule has 104 valence electrons. The van der Waals surface area contributed by atoms with E-state index in [1.165, 1.54) is 18.7 Å². The SMILES string of the molecule is CC(=O)NCCNC(=O)CSc1csc(C(=O)O)c1. The first-order valence-electron chi connectivity index (χ1n) is 5.45. The van der Waals surface area contributed by atoms with Gasteiger partial charge in [0, 0.05) is 30.3 Å². The second kappa shape index (κ2) is 7.80. The van der Waals surface area contributed by atoms with E-state index in [0.717, 1.165) is 16.2 Å². The fourth-order valence-electron chi connectivity index (χ4n) is 1.15. The van der Waals surface area contributed by atoms with Crippen molar-refractivity contribution in [2.75, 3.05) is 18.8 Å². The molecule has 0 fully saturated rings. The Labute approximate surface area is 118 Å². The summed E-state index contributed by atoms with van der Waals surface area (Å²) < 4.78 is 0. The van der Waals surface area contributed by atoms with Crippen molar-refractivity contribution in [2.24, 2.45) is 0 Å². The van der Waals surface area contributed by atoms with E-state index in [4.69, 9.17) is 5.11 Å². The molecule has 0 aliphatic carbocycles. The molecule has 19 heavy (non-hydrogen) atoms. The van der Waals surface area contributed by atoms with Gasteiger partial charge in [0.15, 0.2) is 0 Å². The van der Waals surface area contributed by atoms with Crippen molar-refractivity contribution >= 4 is 40.9 Å². The van der Waals surface area contributed by atoms with E-state index < -0.39 is 5.97 Å². The first-order chi connectivity index (χ1) is 8.99. The summed E-state index contributed by atoms with van der Waals surface area (Å²) in [5, 5.41) is 15.7. The molecule has 0 radical (unpaired) electrons. The van der Waals surface area contributed by atoms with Crippen LogP contribution in [0.2, 0.25) is 0 Å². The van der Waals surface area contributed by atoms with Crippen LogP contribution in [0.1, 0.15) is 16.6 Å². The lowest BCUT2D eigenvalue weighted by Crippen LogP contribution is -2.34. The van der Waals surface area contributed by atoms with E-state index in [9.17, 15) is 14.4 Å². The monoisotopic (exact) mass is 302 g/mol. The fourth-order valence-corrected chi connectivity index (χ4v) is 2.85. The minimum Gasteiger partial charge on any atom is -0.477 e. The number of thioether (sulfide) groups is 1. The molecule has 1 aromatic heterocycles. The summed E-state index contributed by atoms with van der Waals surface area (Å²) in [4.78, 5) is 33.7. The predicted octanol–water partition coefficient (Wildman–Crippen LogP) is 0.791. The van der Waals surface area contributed by atoms with Crippen LogP contribution in [0.5, 0.6) is 0 Å². The molecule has 0 aromatic carbocycles. The van der Waals surface area contributed by atoms with Crippen molar-refractivity contribution < 1.29 is 19.5 Å². The summed E-state index contributed by atoms with van der Waals surface area (Å²) in [5.74, 6) is -1.03. The van der Waals surface area contributed by atoms with Crippen LogP contribution >= 0.6 is 23.1 Å². The van der Waals surface area contributed by atoms with Crippen LogP contribution in [0.15, 0.2) is 16.3 Å². The first-order valence-corrected chi connectivity index (χ1v) is 7.31. The van der Waals surface area contributed by atoms with Gasteiger partial charge in [0.2, 0.25) is 11.8 Å². The van der Waals surface area contributed by atoms with Crippen molar-refractivity contribution in [2.45, 2.75) is 11.8 Å². The lowest BCUT2D eigenvalue weighted by atomic mass is 10.5. The molecule has 1 aromatic rings. The molecule has 8 heteroatoms. The van der Waals surface area contributed by atoms with Crippen LogP contribution < -0.4 is 10.6 Å². The first kappa shape index (κ1) is 15.5. The van der Waals surface area contributed by atoms with Crippen LogP contribution in [0.25, 0.3) is 0 Å². The summed E-state index contributed by atoms with van der Waals surface area (Å²) in [5.41, 5.74) is 0. The van der Waals surface area contributed by atoms with Gasteiger partial charge in [0.05, 0.1) is 5.75 Å². The van der Waals surface area contributed by atoms with Crippen molar-refractivity contribution in [1.29, 1.82) is 0 Å². The maximum absolute atomic E-state index is 11.4. The number of thiophene rings is 1. The molecule has 0 bridgehead atoms. The van der Waals surface area contributed by atoms with Gasteiger partial charge in [-0.3, -0.25) is 9.59 Å². The van der Waals surface area contributed by atoms with Gasteiger partial charge in [0.1, 0.15) is 4.88 Å². The third-order valence-corrected chi connectivity index (χ3v) is 4.02. The summed E-state index contributed by atoms with van der Waals surface area (Å²) in [7, 11) is 0. The molecule has 0 unspecified atom stereocenters. The Morgan fingerprint density at radius 3 is 2.58 bits per heavy atom. The minimum absolute atomic E-state index is 0.136. The van der Waals surface area contributed by atoms with Gasteiger partial charge in [-0.2, -0.15) is 0 Å². The highest BCUT2D eigenvalue weighted by molar-refractivity contribution is 8.00. The Balaban J connectivity index is 2.22. The topological polar surface area (TPSA) is 95.5 Å². The fraction of sp³-hybridized carbons (Fsp3) is 0.364. The van der Waals surface area contributed by atoms with E-state index in [1.807, 2.05) is 0 Å². The average Bonchev–Trinajstić information content (AvgIpc) is 2.81. The number of hydrogen-bond acceptors (Lipinski definition) is 5. The van der Waals surface area contributed by atoms with Crippen LogP contribution in [0, 0.1) is 0 Å². The molecular weight excluding hydrogens is 288 g/mol. The highest BCUT2D eigenvalue weighted by Gasteiger charge is 2.08. The summed E-state index contributed by atoms with van der Waals surface area (Å²) >= 11 is 2.41. The van der Waals surface area contributed by atoms with Gasteiger partial charge in [-0.05, 0) is 6.07 Å². The zero-order valence-electron chi connectivity index (χ0n) is 10.3. The molecule has 1 rings (SSSR count). The number of amides is 2. The normalized spacial score (nSPS) is 9.95. The van der Waals surface area contributed by atoms with E-state index in [0.29, 0.717) is 13.1 Å². The number of aromatic carboxylic acids is 1. The Kier molecular flexibility index (Phi) is 6.37. The smallest absolute Gasteiger partial charge is 0.345 e. The predicted molar refractivity (Wildman–Crippen MR) is 73.7 cm³/mol. The van der Waals surface area contributed by atoms with Gasteiger partial charge >= 0.3 is 5.97 Å². The minimum atomic E-state index is -0.961. The molecule has 0 aliphatic heterocycles. The maximum atomic E-state index is 11.4. The van der Waals surface area contributed by atoms with Crippen LogP contribution in [-0.4, -0.2) is 41.7 Å². The van der Waals surface area contributed by atoms with Crippen molar-refractivity contribution in [1.82, 2.24) is 10.6 Å². The molecule has 2 amide bonds. The Bertz CT molecular complexity index is 473. The van der Waals surface area contributed by atoms with Crippen molar-refractivity contribution in [3.63, 3.8) is 0 Å². The molecule has 0 saturated carbocycles. The molecule has 0 saturated heterocycles. The Morgan fingerprint density at radius 2 is 2.00 bits per heavy atom. The van der Waals surface area contributed by atoms with E-state index in [2.05, 4.69) is 10.6 Å². The third-order valence-electron chi connectivity index (χ3n) is 1.98. The molecular formula is C11H14N2O4S2. The third kappa shape index (κ3) is 6.25. The Hall–Kier alpha value is -1.54. The largest absolute Gasteiger partial charge is 0.477 e. The summed E-state index contributed by atoms with van der Waals surface area (Å²) in [6.07, 6.45) is 0. The number of carbonyl (C=O) groups excluding carboxylic acids is 2. The average molecular weight is 302 g/mol. The lowest BCUT2D eigenvalue weighted by Gasteiger charge is -2.04. The number of carboxylic acid groups (broad SMARTS) is 1. The van der Waals surface area contributed by atoms with Crippen LogP contribution in [0.3, 0.4) is 0 Å². The molecule has 6 nitrogen and oxygen atoms in total. The molecule has 0 atom stereocenters. The van der Waals surface area contributed by atoms with Gasteiger partial charge in [-0.25, -0.2) is 4.79 Å². The van der Waals surface area contributed by atoms with E-state index >= 15 is 0 Å². The van der Waals surface area contributed by atoms with E-state index in [-0.39, 0.29) is 22.4 Å². The zero-order valence-corrected chi connectivity index (χ0v) is 11.9. The highest BCUT2D eigenvalue weighted by Crippen LogP contribution is 2.24. The Morgan fingerprint density at radius 1 is 1.32 bits per heavy atom. The number of hydrogen-bond donors (Lipinski definition) is 3. The zero-order chi connectivity index (χ0) is 14.3. The summed E-state index contributed by atoms with van der Waals surface area (Å²) in [6, 6.07) is 1.54. The molecule has 1 heterocycles. The second-order valence-electron chi connectivity index (χ2n) is 3.57. The van der Waals surface area contributed by atoms with Gasteiger partial charge < -0.3 is 15.7 Å². The lowest BCUT2D eigenvalue weighted by molar-refractivity contribution is -0.120. The van der Waals surface area contributed by atoms with Gasteiger partial charge in [-0.1, -0.05) is 0 Å². The molecule has 0 aliphatic rings. The molecule has 0 spiro atoms. The van der Waals surface area contributed by atoms with Crippen LogP contribution in [0.4, 0.5) is 0 Å². The standard InChI is InChI=1S/C11H14N2O4S2/c1-7(14)12-2-3-13-10(15)6-18-8-4-9(11(16)17)19-5-8/h4-5H,2-3,6H2,1H3,(H,12,14)(H,13,15)(H,16,17). The number of rotatable bonds is 7. The van der Waals surface area contributed by atoms with Gasteiger partial charge in [0.25, 0.3) is 0 Å². The quantitative estimate of drug-likeness (QED) is 0.511. The van der Waals surface area contributed by atoms with Gasteiger partial charge in [-0.15, -0.1) is 23.1 Å². The number of carbonyl (C=O) groups is 3. The van der Waals surface area contributed by atoms with Crippen molar-refractivity contribution in [3.05, 3.63) is 16.3 Å². The van der Waals surface area contributed by atoms with E-state index in [1.54, 1.807) is 11.4 Å². The number of nitrogens with one attached hydrogen (secondary N) is 2. The highest BCUT2D eigenvalue weighted by atomic mass is 32.2. The summed E-state index contributed by atoms with van der Waals surface area (Å²) in [6.45, 7) is 2.19.